The molecule has 1 saturated carbocycles. The second-order valence-electron chi connectivity index (χ2n) is 6.59. The Bertz CT molecular complexity index is 622. The van der Waals surface area contributed by atoms with E-state index in [1.54, 1.807) is 0 Å². The van der Waals surface area contributed by atoms with Crippen molar-refractivity contribution in [1.82, 2.24) is 9.55 Å². The highest BCUT2D eigenvalue weighted by Crippen LogP contribution is 2.47. The molecule has 1 aromatic heterocycles. The maximum atomic E-state index is 12.2. The van der Waals surface area contributed by atoms with Gasteiger partial charge >= 0.3 is 5.97 Å². The minimum atomic E-state index is -1.04. The minimum Gasteiger partial charge on any atom is -0.480 e. The Balaban J connectivity index is 1.70. The molecule has 0 bridgehead atoms. The Morgan fingerprint density at radius 1 is 1.48 bits per heavy atom. The summed E-state index contributed by atoms with van der Waals surface area (Å²) in [6, 6.07) is 0. The fourth-order valence-corrected chi connectivity index (χ4v) is 3.93. The lowest BCUT2D eigenvalue weighted by Crippen LogP contribution is -2.42. The first kappa shape index (κ1) is 16.0. The zero-order valence-electron chi connectivity index (χ0n) is 13.2. The fourth-order valence-electron chi connectivity index (χ4n) is 3.93. The van der Waals surface area contributed by atoms with Crippen molar-refractivity contribution in [3.63, 3.8) is 0 Å². The van der Waals surface area contributed by atoms with Gasteiger partial charge in [-0.2, -0.15) is 0 Å². The summed E-state index contributed by atoms with van der Waals surface area (Å²) in [6.45, 7) is 1.91. The van der Waals surface area contributed by atoms with Crippen LogP contribution in [0.2, 0.25) is 0 Å². The highest BCUT2D eigenvalue weighted by molar-refractivity contribution is 5.66. The molecule has 1 aliphatic carbocycles. The van der Waals surface area contributed by atoms with Crippen LogP contribution in [0, 0.1) is 11.3 Å². The van der Waals surface area contributed by atoms with Crippen LogP contribution in [-0.2, 0) is 16.1 Å². The van der Waals surface area contributed by atoms with E-state index in [0.717, 1.165) is 24.2 Å². The zero-order chi connectivity index (χ0) is 16.3. The monoisotopic (exact) mass is 321 g/mol. The molecule has 0 aromatic carbocycles. The molecule has 1 spiro atoms. The van der Waals surface area contributed by atoms with Crippen LogP contribution < -0.4 is 10.9 Å². The Morgan fingerprint density at radius 2 is 2.26 bits per heavy atom. The van der Waals surface area contributed by atoms with Crippen molar-refractivity contribution in [1.29, 1.82) is 0 Å². The number of hydrogen-bond acceptors (Lipinski definition) is 5. The maximum Gasteiger partial charge on any atom is 0.323 e. The second-order valence-corrected chi connectivity index (χ2v) is 6.59. The average molecular weight is 321 g/mol. The van der Waals surface area contributed by atoms with Gasteiger partial charge in [-0.3, -0.25) is 14.2 Å². The van der Waals surface area contributed by atoms with Gasteiger partial charge in [0, 0.05) is 25.5 Å². The van der Waals surface area contributed by atoms with Crippen LogP contribution in [-0.4, -0.2) is 40.4 Å². The van der Waals surface area contributed by atoms with E-state index < -0.39 is 5.97 Å². The number of aliphatic carboxylic acids is 1. The van der Waals surface area contributed by atoms with Gasteiger partial charge in [0.2, 0.25) is 0 Å². The Hall–Kier alpha value is -1.89. The van der Waals surface area contributed by atoms with E-state index in [1.807, 2.05) is 0 Å². The lowest BCUT2D eigenvalue weighted by molar-refractivity contribution is -0.137. The third kappa shape index (κ3) is 3.39. The Kier molecular flexibility index (Phi) is 4.66. The number of hydrogen-bond donors (Lipinski definition) is 2. The van der Waals surface area contributed by atoms with Crippen LogP contribution in [0.4, 0.5) is 5.82 Å². The van der Waals surface area contributed by atoms with Crippen LogP contribution in [0.5, 0.6) is 0 Å². The van der Waals surface area contributed by atoms with Crippen molar-refractivity contribution in [2.24, 2.45) is 11.3 Å². The number of anilines is 1. The van der Waals surface area contributed by atoms with Gasteiger partial charge in [-0.15, -0.1) is 0 Å². The molecule has 1 atom stereocenters. The molecule has 0 radical (unpaired) electrons. The van der Waals surface area contributed by atoms with Gasteiger partial charge < -0.3 is 15.2 Å². The molecule has 23 heavy (non-hydrogen) atoms. The zero-order valence-corrected chi connectivity index (χ0v) is 13.2. The number of rotatable bonds is 5. The third-order valence-electron chi connectivity index (χ3n) is 5.20. The van der Waals surface area contributed by atoms with E-state index in [2.05, 4.69) is 10.3 Å². The van der Waals surface area contributed by atoms with Crippen LogP contribution in [0.25, 0.3) is 0 Å². The summed E-state index contributed by atoms with van der Waals surface area (Å²) in [5, 5.41) is 12.0. The Labute approximate surface area is 134 Å². The smallest absolute Gasteiger partial charge is 0.323 e. The van der Waals surface area contributed by atoms with E-state index >= 15 is 0 Å². The molecule has 1 aromatic rings. The summed E-state index contributed by atoms with van der Waals surface area (Å²) in [5.74, 6) is -0.347. The third-order valence-corrected chi connectivity index (χ3v) is 5.20. The van der Waals surface area contributed by atoms with E-state index in [1.165, 1.54) is 38.1 Å². The number of carboxylic acids is 1. The van der Waals surface area contributed by atoms with Gasteiger partial charge in [0.15, 0.2) is 5.82 Å². The highest BCUT2D eigenvalue weighted by atomic mass is 16.5. The predicted octanol–water partition coefficient (Wildman–Crippen LogP) is 1.34. The molecule has 1 saturated heterocycles. The number of aromatic nitrogens is 2. The first-order valence-electron chi connectivity index (χ1n) is 8.20. The lowest BCUT2D eigenvalue weighted by Gasteiger charge is -2.41. The number of ether oxygens (including phenoxy) is 1. The summed E-state index contributed by atoms with van der Waals surface area (Å²) < 4.78 is 6.86. The number of carboxylic acid groups (broad SMARTS) is 1. The van der Waals surface area contributed by atoms with Crippen molar-refractivity contribution >= 4 is 11.8 Å². The molecule has 126 valence electrons. The van der Waals surface area contributed by atoms with Crippen LogP contribution in [0.15, 0.2) is 17.2 Å². The van der Waals surface area contributed by atoms with Gasteiger partial charge in [0.1, 0.15) is 6.54 Å². The van der Waals surface area contributed by atoms with Gasteiger partial charge in [0.25, 0.3) is 5.56 Å². The summed E-state index contributed by atoms with van der Waals surface area (Å²) in [7, 11) is 0. The normalized spacial score (nSPS) is 23.0. The van der Waals surface area contributed by atoms with Crippen molar-refractivity contribution in [2.75, 3.05) is 25.1 Å². The first-order valence-corrected chi connectivity index (χ1v) is 8.20. The van der Waals surface area contributed by atoms with E-state index in [-0.39, 0.29) is 23.3 Å². The van der Waals surface area contributed by atoms with Crippen LogP contribution >= 0.6 is 0 Å². The molecule has 2 N–H and O–H groups in total. The SMILES string of the molecule is O=C(O)Cn1ccnc(NCC2CCOCC23CCCC3)c1=O. The van der Waals surface area contributed by atoms with Crippen molar-refractivity contribution in [2.45, 2.75) is 38.6 Å². The molecule has 1 aliphatic heterocycles. The number of nitrogens with zero attached hydrogens (tertiary/aromatic N) is 2. The van der Waals surface area contributed by atoms with E-state index in [9.17, 15) is 9.59 Å². The summed E-state index contributed by atoms with van der Waals surface area (Å²) in [5.41, 5.74) is -0.150. The van der Waals surface area contributed by atoms with Crippen LogP contribution in [0.3, 0.4) is 0 Å². The van der Waals surface area contributed by atoms with E-state index in [4.69, 9.17) is 9.84 Å². The first-order chi connectivity index (χ1) is 11.1. The molecule has 0 amide bonds. The van der Waals surface area contributed by atoms with Gasteiger partial charge in [-0.1, -0.05) is 12.8 Å². The Morgan fingerprint density at radius 3 is 3.00 bits per heavy atom. The van der Waals surface area contributed by atoms with Gasteiger partial charge in [0.05, 0.1) is 6.61 Å². The molecule has 1 unspecified atom stereocenters. The fraction of sp³-hybridized carbons (Fsp3) is 0.688. The van der Waals surface area contributed by atoms with Gasteiger partial charge in [-0.25, -0.2) is 4.98 Å². The molecule has 2 fully saturated rings. The molecular formula is C16H23N3O4. The highest BCUT2D eigenvalue weighted by Gasteiger charge is 2.43. The molecule has 3 rings (SSSR count). The average Bonchev–Trinajstić information content (AvgIpc) is 2.98. The maximum absolute atomic E-state index is 12.2. The molecular weight excluding hydrogens is 298 g/mol. The minimum absolute atomic E-state index is 0.230. The topological polar surface area (TPSA) is 93.4 Å². The quantitative estimate of drug-likeness (QED) is 0.850. The van der Waals surface area contributed by atoms with Crippen molar-refractivity contribution < 1.29 is 14.6 Å². The van der Waals surface area contributed by atoms with Crippen molar-refractivity contribution in [3.8, 4) is 0 Å². The summed E-state index contributed by atoms with van der Waals surface area (Å²) in [4.78, 5) is 27.1. The molecule has 7 nitrogen and oxygen atoms in total. The number of nitrogens with one attached hydrogen (secondary N) is 1. The largest absolute Gasteiger partial charge is 0.480 e. The summed E-state index contributed by atoms with van der Waals surface area (Å²) in [6.07, 6.45) is 8.71. The van der Waals surface area contributed by atoms with Gasteiger partial charge in [-0.05, 0) is 30.6 Å². The summed E-state index contributed by atoms with van der Waals surface area (Å²) >= 11 is 0. The molecule has 2 heterocycles. The second kappa shape index (κ2) is 6.70. The predicted molar refractivity (Wildman–Crippen MR) is 84.4 cm³/mol. The standard InChI is InChI=1S/C16H23N3O4/c20-13(21)10-19-7-6-17-14(15(19)22)18-9-12-3-8-23-11-16(12)4-1-2-5-16/h6-7,12H,1-5,8-11H2,(H,17,18)(H,20,21). The molecule has 2 aliphatic rings. The van der Waals surface area contributed by atoms with E-state index in [0.29, 0.717) is 12.5 Å². The number of carbonyl (C=O) groups is 1. The van der Waals surface area contributed by atoms with Crippen molar-refractivity contribution in [3.05, 3.63) is 22.7 Å². The van der Waals surface area contributed by atoms with Crippen LogP contribution in [0.1, 0.15) is 32.1 Å². The lowest BCUT2D eigenvalue weighted by atomic mass is 9.71. The molecule has 7 heteroatoms.